The van der Waals surface area contributed by atoms with Crippen molar-refractivity contribution in [2.75, 3.05) is 31.0 Å². The van der Waals surface area contributed by atoms with Gasteiger partial charge in [-0.3, -0.25) is 14.5 Å². The molecule has 0 spiro atoms. The molecule has 0 aliphatic carbocycles. The molecule has 0 aliphatic heterocycles. The molecule has 0 saturated heterocycles. The number of rotatable bonds is 6. The molecule has 0 aliphatic rings. The van der Waals surface area contributed by atoms with Gasteiger partial charge in [0, 0.05) is 6.92 Å². The lowest BCUT2D eigenvalue weighted by Gasteiger charge is -2.22. The van der Waals surface area contributed by atoms with Gasteiger partial charge < -0.3 is 14.8 Å². The van der Waals surface area contributed by atoms with Crippen molar-refractivity contribution >= 4 is 40.8 Å². The molecule has 7 nitrogen and oxygen atoms in total. The number of esters is 1. The molecule has 0 radical (unpaired) electrons. The number of halogens is 1. The summed E-state index contributed by atoms with van der Waals surface area (Å²) in [5.41, 5.74) is 0.954. The number of methoxy groups -OCH3 is 2. The van der Waals surface area contributed by atoms with Gasteiger partial charge in [-0.1, -0.05) is 23.7 Å². The lowest BCUT2D eigenvalue weighted by molar-refractivity contribution is -0.120. The number of nitrogens with one attached hydrogen (secondary N) is 1. The molecular weight excluding hydrogens is 372 g/mol. The molecule has 27 heavy (non-hydrogen) atoms. The van der Waals surface area contributed by atoms with Crippen molar-refractivity contribution in [2.45, 2.75) is 6.92 Å². The Kier molecular flexibility index (Phi) is 6.79. The lowest BCUT2D eigenvalue weighted by Crippen LogP contribution is -2.37. The highest BCUT2D eigenvalue weighted by molar-refractivity contribution is 6.34. The number of para-hydroxylation sites is 2. The topological polar surface area (TPSA) is 84.9 Å². The van der Waals surface area contributed by atoms with Crippen LogP contribution in [0.25, 0.3) is 0 Å². The van der Waals surface area contributed by atoms with E-state index in [4.69, 9.17) is 16.3 Å². The van der Waals surface area contributed by atoms with Crippen LogP contribution in [-0.2, 0) is 14.3 Å². The number of hydrogen-bond donors (Lipinski definition) is 1. The highest BCUT2D eigenvalue weighted by Crippen LogP contribution is 2.28. The summed E-state index contributed by atoms with van der Waals surface area (Å²) >= 11 is 6.08. The van der Waals surface area contributed by atoms with Crippen molar-refractivity contribution in [2.24, 2.45) is 0 Å². The molecular formula is C19H19ClN2O5. The summed E-state index contributed by atoms with van der Waals surface area (Å²) in [7, 11) is 2.74. The minimum atomic E-state index is -0.554. The second-order valence-electron chi connectivity index (χ2n) is 5.51. The first-order chi connectivity index (χ1) is 12.9. The van der Waals surface area contributed by atoms with Crippen LogP contribution in [0.1, 0.15) is 17.3 Å². The summed E-state index contributed by atoms with van der Waals surface area (Å²) < 4.78 is 9.91. The van der Waals surface area contributed by atoms with Gasteiger partial charge >= 0.3 is 5.97 Å². The molecule has 0 saturated carbocycles. The van der Waals surface area contributed by atoms with Crippen LogP contribution in [0, 0.1) is 0 Å². The van der Waals surface area contributed by atoms with Gasteiger partial charge in [0.1, 0.15) is 12.3 Å². The van der Waals surface area contributed by atoms with Gasteiger partial charge in [0.05, 0.1) is 36.2 Å². The third-order valence-electron chi connectivity index (χ3n) is 3.72. The maximum atomic E-state index is 12.5. The van der Waals surface area contributed by atoms with Gasteiger partial charge in [-0.25, -0.2) is 4.79 Å². The molecule has 0 atom stereocenters. The smallest absolute Gasteiger partial charge is 0.337 e. The van der Waals surface area contributed by atoms with Crippen molar-refractivity contribution in [3.05, 3.63) is 53.1 Å². The first-order valence-corrected chi connectivity index (χ1v) is 8.34. The summed E-state index contributed by atoms with van der Waals surface area (Å²) in [6.07, 6.45) is 0. The van der Waals surface area contributed by atoms with Gasteiger partial charge in [-0.15, -0.1) is 0 Å². The van der Waals surface area contributed by atoms with Crippen molar-refractivity contribution in [3.8, 4) is 5.75 Å². The number of hydrogen-bond acceptors (Lipinski definition) is 5. The predicted octanol–water partition coefficient (Wildman–Crippen LogP) is 3.13. The number of carbonyl (C=O) groups is 3. The van der Waals surface area contributed by atoms with Gasteiger partial charge in [0.2, 0.25) is 11.8 Å². The highest BCUT2D eigenvalue weighted by atomic mass is 35.5. The van der Waals surface area contributed by atoms with Gasteiger partial charge in [-0.2, -0.15) is 0 Å². The number of nitrogens with zero attached hydrogens (tertiary/aromatic N) is 1. The molecule has 2 aromatic rings. The quantitative estimate of drug-likeness (QED) is 0.766. The van der Waals surface area contributed by atoms with E-state index in [9.17, 15) is 14.4 Å². The van der Waals surface area contributed by atoms with E-state index in [1.165, 1.54) is 44.2 Å². The largest absolute Gasteiger partial charge is 0.495 e. The van der Waals surface area contributed by atoms with Crippen molar-refractivity contribution < 1.29 is 23.9 Å². The molecule has 2 amide bonds. The Hall–Kier alpha value is -3.06. The Bertz CT molecular complexity index is 869. The van der Waals surface area contributed by atoms with Crippen LogP contribution < -0.4 is 15.0 Å². The number of carbonyl (C=O) groups excluding carboxylic acids is 3. The second kappa shape index (κ2) is 9.05. The van der Waals surface area contributed by atoms with E-state index in [-0.39, 0.29) is 28.7 Å². The Morgan fingerprint density at radius 2 is 1.81 bits per heavy atom. The number of benzene rings is 2. The zero-order valence-electron chi connectivity index (χ0n) is 15.1. The van der Waals surface area contributed by atoms with Crippen molar-refractivity contribution in [1.82, 2.24) is 0 Å². The molecule has 8 heteroatoms. The predicted molar refractivity (Wildman–Crippen MR) is 102 cm³/mol. The second-order valence-corrected chi connectivity index (χ2v) is 5.92. The molecule has 2 rings (SSSR count). The summed E-state index contributed by atoms with van der Waals surface area (Å²) in [6, 6.07) is 11.2. The molecule has 0 unspecified atom stereocenters. The Morgan fingerprint density at radius 1 is 1.11 bits per heavy atom. The van der Waals surface area contributed by atoms with Gasteiger partial charge in [-0.05, 0) is 30.3 Å². The summed E-state index contributed by atoms with van der Waals surface area (Å²) in [5, 5.41) is 2.86. The summed E-state index contributed by atoms with van der Waals surface area (Å²) in [6.45, 7) is 1.10. The SMILES string of the molecule is COC(=O)c1ccc(Cl)c(NC(=O)CN(C(C)=O)c2ccccc2OC)c1. The van der Waals surface area contributed by atoms with E-state index in [1.807, 2.05) is 0 Å². The van der Waals surface area contributed by atoms with Gasteiger partial charge in [0.15, 0.2) is 0 Å². The van der Waals surface area contributed by atoms with Crippen molar-refractivity contribution in [3.63, 3.8) is 0 Å². The number of ether oxygens (including phenoxy) is 2. The highest BCUT2D eigenvalue weighted by Gasteiger charge is 2.20. The van der Waals surface area contributed by atoms with Crippen LogP contribution in [0.15, 0.2) is 42.5 Å². The van der Waals surface area contributed by atoms with Crippen LogP contribution in [0.2, 0.25) is 5.02 Å². The average Bonchev–Trinajstić information content (AvgIpc) is 2.67. The average molecular weight is 391 g/mol. The normalized spacial score (nSPS) is 10.1. The molecule has 0 fully saturated rings. The summed E-state index contributed by atoms with van der Waals surface area (Å²) in [5.74, 6) is -0.906. The molecule has 0 bridgehead atoms. The first-order valence-electron chi connectivity index (χ1n) is 7.96. The standard InChI is InChI=1S/C19H19ClN2O5/c1-12(23)22(16-6-4-5-7-17(16)26-2)11-18(24)21-15-10-13(19(25)27-3)8-9-14(15)20/h4-10H,11H2,1-3H3,(H,21,24). The molecule has 0 aromatic heterocycles. The molecule has 0 heterocycles. The number of anilines is 2. The minimum absolute atomic E-state index is 0.241. The van der Waals surface area contributed by atoms with Gasteiger partial charge in [0.25, 0.3) is 0 Å². The zero-order chi connectivity index (χ0) is 20.0. The van der Waals surface area contributed by atoms with E-state index < -0.39 is 11.9 Å². The van der Waals surface area contributed by atoms with E-state index in [1.54, 1.807) is 24.3 Å². The van der Waals surface area contributed by atoms with E-state index in [0.29, 0.717) is 11.4 Å². The molecule has 142 valence electrons. The first kappa shape index (κ1) is 20.3. The van der Waals surface area contributed by atoms with E-state index >= 15 is 0 Å². The summed E-state index contributed by atoms with van der Waals surface area (Å²) in [4.78, 5) is 37.5. The van der Waals surface area contributed by atoms with Crippen LogP contribution in [-0.4, -0.2) is 38.5 Å². The maximum absolute atomic E-state index is 12.5. The van der Waals surface area contributed by atoms with E-state index in [0.717, 1.165) is 0 Å². The fourth-order valence-electron chi connectivity index (χ4n) is 2.42. The third-order valence-corrected chi connectivity index (χ3v) is 4.05. The Balaban J connectivity index is 2.22. The molecule has 1 N–H and O–H groups in total. The van der Waals surface area contributed by atoms with Crippen LogP contribution in [0.3, 0.4) is 0 Å². The zero-order valence-corrected chi connectivity index (χ0v) is 15.9. The van der Waals surface area contributed by atoms with Crippen LogP contribution >= 0.6 is 11.6 Å². The fraction of sp³-hybridized carbons (Fsp3) is 0.211. The Labute approximate surface area is 161 Å². The van der Waals surface area contributed by atoms with Crippen LogP contribution in [0.4, 0.5) is 11.4 Å². The maximum Gasteiger partial charge on any atom is 0.337 e. The van der Waals surface area contributed by atoms with Crippen molar-refractivity contribution in [1.29, 1.82) is 0 Å². The minimum Gasteiger partial charge on any atom is -0.495 e. The Morgan fingerprint density at radius 3 is 2.44 bits per heavy atom. The number of amides is 2. The molecule has 2 aromatic carbocycles. The van der Waals surface area contributed by atoms with Crippen LogP contribution in [0.5, 0.6) is 5.75 Å². The monoisotopic (exact) mass is 390 g/mol. The fourth-order valence-corrected chi connectivity index (χ4v) is 2.58. The third kappa shape index (κ3) is 4.98. The lowest BCUT2D eigenvalue weighted by atomic mass is 10.2. The van der Waals surface area contributed by atoms with E-state index in [2.05, 4.69) is 10.1 Å².